The van der Waals surface area contributed by atoms with Crippen LogP contribution < -0.4 is 10.1 Å². The van der Waals surface area contributed by atoms with Gasteiger partial charge in [0.1, 0.15) is 11.8 Å². The van der Waals surface area contributed by atoms with E-state index in [-0.39, 0.29) is 0 Å². The van der Waals surface area contributed by atoms with Crippen LogP contribution in [0.3, 0.4) is 0 Å². The van der Waals surface area contributed by atoms with Gasteiger partial charge in [-0.25, -0.2) is 4.79 Å². The Bertz CT molecular complexity index is 782. The molecule has 2 heterocycles. The first-order valence-corrected chi connectivity index (χ1v) is 8.22. The SMILES string of the molecule is CCCCOc1ccc(C2C(C(=O)OC)=C(C)Nc3nnnn32)cc1. The van der Waals surface area contributed by atoms with Gasteiger partial charge in [-0.15, -0.1) is 0 Å². The number of tetrazole rings is 1. The van der Waals surface area contributed by atoms with E-state index in [1.807, 2.05) is 24.3 Å². The zero-order valence-electron chi connectivity index (χ0n) is 14.5. The van der Waals surface area contributed by atoms with Crippen molar-refractivity contribution in [2.75, 3.05) is 19.0 Å². The third kappa shape index (κ3) is 3.33. The number of hydrogen-bond acceptors (Lipinski definition) is 7. The van der Waals surface area contributed by atoms with Crippen LogP contribution >= 0.6 is 0 Å². The summed E-state index contributed by atoms with van der Waals surface area (Å²) in [5.74, 6) is 0.862. The fourth-order valence-electron chi connectivity index (χ4n) is 2.78. The molecule has 0 aliphatic carbocycles. The molecule has 0 fully saturated rings. The topological polar surface area (TPSA) is 91.2 Å². The monoisotopic (exact) mass is 343 g/mol. The summed E-state index contributed by atoms with van der Waals surface area (Å²) in [6.07, 6.45) is 2.10. The highest BCUT2D eigenvalue weighted by Gasteiger charge is 2.34. The van der Waals surface area contributed by atoms with Crippen molar-refractivity contribution in [1.82, 2.24) is 20.2 Å². The number of aromatic nitrogens is 4. The first-order valence-electron chi connectivity index (χ1n) is 8.22. The first-order chi connectivity index (χ1) is 12.2. The van der Waals surface area contributed by atoms with E-state index >= 15 is 0 Å². The third-order valence-corrected chi connectivity index (χ3v) is 4.08. The summed E-state index contributed by atoms with van der Waals surface area (Å²) in [5.41, 5.74) is 2.02. The van der Waals surface area contributed by atoms with Crippen molar-refractivity contribution in [3.63, 3.8) is 0 Å². The number of rotatable bonds is 6. The normalized spacial score (nSPS) is 16.2. The second-order valence-corrected chi connectivity index (χ2v) is 5.78. The molecule has 1 N–H and O–H groups in total. The van der Waals surface area contributed by atoms with Crippen LogP contribution in [0.5, 0.6) is 5.75 Å². The third-order valence-electron chi connectivity index (χ3n) is 4.08. The molecule has 1 aromatic heterocycles. The predicted molar refractivity (Wildman–Crippen MR) is 91.1 cm³/mol. The summed E-state index contributed by atoms with van der Waals surface area (Å²) < 4.78 is 12.2. The summed E-state index contributed by atoms with van der Waals surface area (Å²) in [6, 6.07) is 7.16. The van der Waals surface area contributed by atoms with Crippen molar-refractivity contribution in [3.8, 4) is 5.75 Å². The Labute approximate surface area is 145 Å². The number of hydrogen-bond donors (Lipinski definition) is 1. The molecule has 0 saturated carbocycles. The van der Waals surface area contributed by atoms with Gasteiger partial charge in [-0.1, -0.05) is 30.6 Å². The Morgan fingerprint density at radius 2 is 2.08 bits per heavy atom. The van der Waals surface area contributed by atoms with Crippen molar-refractivity contribution < 1.29 is 14.3 Å². The molecule has 0 spiro atoms. The molecule has 0 radical (unpaired) electrons. The van der Waals surface area contributed by atoms with Gasteiger partial charge in [-0.2, -0.15) is 4.68 Å². The Balaban J connectivity index is 1.94. The molecule has 1 aliphatic rings. The maximum atomic E-state index is 12.3. The molecule has 1 aliphatic heterocycles. The van der Waals surface area contributed by atoms with E-state index in [0.717, 1.165) is 24.2 Å². The van der Waals surface area contributed by atoms with Crippen molar-refractivity contribution in [2.45, 2.75) is 32.7 Å². The van der Waals surface area contributed by atoms with Crippen molar-refractivity contribution in [3.05, 3.63) is 41.1 Å². The number of carbonyl (C=O) groups is 1. The maximum Gasteiger partial charge on any atom is 0.338 e. The van der Waals surface area contributed by atoms with E-state index in [1.165, 1.54) is 7.11 Å². The first kappa shape index (κ1) is 16.9. The zero-order valence-corrected chi connectivity index (χ0v) is 14.5. The standard InChI is InChI=1S/C17H21N5O3/c1-4-5-10-25-13-8-6-12(7-9-13)15-14(16(23)24-3)11(2)18-17-19-20-21-22(15)17/h6-9,15H,4-5,10H2,1-3H3,(H,18,19,21). The van der Waals surface area contributed by atoms with Gasteiger partial charge in [0.25, 0.3) is 0 Å². The van der Waals surface area contributed by atoms with Gasteiger partial charge in [0.15, 0.2) is 0 Å². The van der Waals surface area contributed by atoms with E-state index in [9.17, 15) is 4.79 Å². The molecule has 132 valence electrons. The average Bonchev–Trinajstić information content (AvgIpc) is 3.08. The largest absolute Gasteiger partial charge is 0.494 e. The Morgan fingerprint density at radius 3 is 2.76 bits per heavy atom. The van der Waals surface area contributed by atoms with Crippen LogP contribution in [0.15, 0.2) is 35.5 Å². The highest BCUT2D eigenvalue weighted by atomic mass is 16.5. The van der Waals surface area contributed by atoms with E-state index in [1.54, 1.807) is 11.6 Å². The summed E-state index contributed by atoms with van der Waals surface area (Å²) in [5, 5.41) is 14.7. The van der Waals surface area contributed by atoms with Crippen LogP contribution in [-0.2, 0) is 9.53 Å². The molecule has 0 bridgehead atoms. The number of nitrogens with one attached hydrogen (secondary N) is 1. The molecule has 1 aromatic carbocycles. The molecule has 0 saturated heterocycles. The van der Waals surface area contributed by atoms with Crippen LogP contribution in [0.1, 0.15) is 38.3 Å². The Morgan fingerprint density at radius 1 is 1.32 bits per heavy atom. The van der Waals surface area contributed by atoms with Gasteiger partial charge in [0.05, 0.1) is 19.3 Å². The number of unbranched alkanes of at least 4 members (excludes halogenated alkanes) is 1. The van der Waals surface area contributed by atoms with Crippen molar-refractivity contribution in [1.29, 1.82) is 0 Å². The fourth-order valence-corrected chi connectivity index (χ4v) is 2.78. The van der Waals surface area contributed by atoms with Crippen molar-refractivity contribution in [2.24, 2.45) is 0 Å². The Kier molecular flexibility index (Phi) is 4.97. The van der Waals surface area contributed by atoms with Crippen LogP contribution in [0.2, 0.25) is 0 Å². The molecule has 0 amide bonds. The van der Waals surface area contributed by atoms with Gasteiger partial charge >= 0.3 is 5.97 Å². The predicted octanol–water partition coefficient (Wildman–Crippen LogP) is 2.31. The molecule has 8 nitrogen and oxygen atoms in total. The number of fused-ring (bicyclic) bond motifs is 1. The number of nitrogens with zero attached hydrogens (tertiary/aromatic N) is 4. The second-order valence-electron chi connectivity index (χ2n) is 5.78. The second kappa shape index (κ2) is 7.33. The number of allylic oxidation sites excluding steroid dienone is 1. The number of esters is 1. The molecule has 2 aromatic rings. The summed E-state index contributed by atoms with van der Waals surface area (Å²) in [4.78, 5) is 12.3. The highest BCUT2D eigenvalue weighted by Crippen LogP contribution is 2.35. The summed E-state index contributed by atoms with van der Waals surface area (Å²) in [7, 11) is 1.36. The molecule has 3 rings (SSSR count). The minimum Gasteiger partial charge on any atom is -0.494 e. The maximum absolute atomic E-state index is 12.3. The lowest BCUT2D eigenvalue weighted by Crippen LogP contribution is -2.29. The average molecular weight is 343 g/mol. The van der Waals surface area contributed by atoms with Crippen LogP contribution in [0.4, 0.5) is 5.95 Å². The quantitative estimate of drug-likeness (QED) is 0.635. The minimum atomic E-state index is -0.455. The van der Waals surface area contributed by atoms with E-state index in [0.29, 0.717) is 23.8 Å². The van der Waals surface area contributed by atoms with E-state index in [2.05, 4.69) is 27.8 Å². The lowest BCUT2D eigenvalue weighted by molar-refractivity contribution is -0.136. The molecular formula is C17H21N5O3. The number of benzene rings is 1. The zero-order chi connectivity index (χ0) is 17.8. The number of methoxy groups -OCH3 is 1. The van der Waals surface area contributed by atoms with E-state index in [4.69, 9.17) is 9.47 Å². The lowest BCUT2D eigenvalue weighted by Gasteiger charge is -2.27. The van der Waals surface area contributed by atoms with Crippen LogP contribution in [-0.4, -0.2) is 39.9 Å². The van der Waals surface area contributed by atoms with Gasteiger partial charge in [-0.3, -0.25) is 0 Å². The van der Waals surface area contributed by atoms with E-state index < -0.39 is 12.0 Å². The van der Waals surface area contributed by atoms with Crippen molar-refractivity contribution >= 4 is 11.9 Å². The number of carbonyl (C=O) groups excluding carboxylic acids is 1. The number of ether oxygens (including phenoxy) is 2. The smallest absolute Gasteiger partial charge is 0.338 e. The minimum absolute atomic E-state index is 0.417. The van der Waals surface area contributed by atoms with Crippen LogP contribution in [0, 0.1) is 0 Å². The molecule has 8 heteroatoms. The fraction of sp³-hybridized carbons (Fsp3) is 0.412. The van der Waals surface area contributed by atoms with Gasteiger partial charge in [0.2, 0.25) is 5.95 Å². The van der Waals surface area contributed by atoms with Gasteiger partial charge in [-0.05, 0) is 41.5 Å². The summed E-state index contributed by atoms with van der Waals surface area (Å²) >= 11 is 0. The molecular weight excluding hydrogens is 322 g/mol. The van der Waals surface area contributed by atoms with Gasteiger partial charge < -0.3 is 14.8 Å². The van der Waals surface area contributed by atoms with Gasteiger partial charge in [0, 0.05) is 5.70 Å². The molecule has 25 heavy (non-hydrogen) atoms. The molecule has 1 unspecified atom stereocenters. The number of anilines is 1. The molecule has 1 atom stereocenters. The highest BCUT2D eigenvalue weighted by molar-refractivity contribution is 5.92. The summed E-state index contributed by atoms with van der Waals surface area (Å²) in [6.45, 7) is 4.61. The lowest BCUT2D eigenvalue weighted by atomic mass is 9.96. The Hall–Kier alpha value is -2.90. The van der Waals surface area contributed by atoms with Crippen LogP contribution in [0.25, 0.3) is 0 Å².